The first-order valence-electron chi connectivity index (χ1n) is 11.6. The Morgan fingerprint density at radius 2 is 1.91 bits per heavy atom. The van der Waals surface area contributed by atoms with E-state index in [1.54, 1.807) is 6.92 Å². The molecule has 0 fully saturated rings. The highest BCUT2D eigenvalue weighted by Crippen LogP contribution is 2.32. The summed E-state index contributed by atoms with van der Waals surface area (Å²) in [6.07, 6.45) is 4.58. The Morgan fingerprint density at radius 3 is 2.56 bits per heavy atom. The number of rotatable bonds is 11. The summed E-state index contributed by atoms with van der Waals surface area (Å²) in [5, 5.41) is 13.7. The quantitative estimate of drug-likeness (QED) is 0.373. The van der Waals surface area contributed by atoms with Crippen molar-refractivity contribution in [3.05, 3.63) is 70.8 Å². The molecule has 0 radical (unpaired) electrons. The number of carbonyl (C=O) groups is 1. The minimum atomic E-state index is -1.14. The molecule has 1 aliphatic carbocycles. The van der Waals surface area contributed by atoms with Gasteiger partial charge < -0.3 is 19.9 Å². The molecule has 1 atom stereocenters. The number of aliphatic hydroxyl groups excluding tert-OH is 1. The number of carbonyl (C=O) groups excluding carboxylic acids is 1. The lowest BCUT2D eigenvalue weighted by Crippen LogP contribution is -2.46. The zero-order chi connectivity index (χ0) is 24.7. The van der Waals surface area contributed by atoms with E-state index >= 15 is 0 Å². The summed E-state index contributed by atoms with van der Waals surface area (Å²) in [6, 6.07) is 10.7. The van der Waals surface area contributed by atoms with E-state index in [0.717, 1.165) is 31.4 Å². The van der Waals surface area contributed by atoms with Crippen LogP contribution in [0, 0.1) is 17.6 Å². The second-order valence-corrected chi connectivity index (χ2v) is 9.38. The number of β-amino-alcohol motifs (C(OH)–C–C–N with tert-alkyl or cyclic N) is 1. The van der Waals surface area contributed by atoms with Crippen molar-refractivity contribution in [2.45, 2.75) is 51.7 Å². The Bertz CT molecular complexity index is 997. The number of ether oxygens (including phenoxy) is 2. The summed E-state index contributed by atoms with van der Waals surface area (Å²) < 4.78 is 38.2. The third-order valence-corrected chi connectivity index (χ3v) is 5.90. The number of aliphatic hydroxyl groups is 1. The highest BCUT2D eigenvalue weighted by atomic mass is 19.2. The van der Waals surface area contributed by atoms with E-state index in [-0.39, 0.29) is 36.6 Å². The Morgan fingerprint density at radius 1 is 1.24 bits per heavy atom. The summed E-state index contributed by atoms with van der Waals surface area (Å²) in [5.74, 6) is -2.62. The molecule has 0 saturated carbocycles. The molecule has 5 nitrogen and oxygen atoms in total. The molecule has 0 aliphatic heterocycles. The molecule has 0 amide bonds. The van der Waals surface area contributed by atoms with Gasteiger partial charge in [0.2, 0.25) is 5.82 Å². The van der Waals surface area contributed by atoms with Gasteiger partial charge in [0.25, 0.3) is 0 Å². The number of hydrogen-bond donors (Lipinski definition) is 2. The van der Waals surface area contributed by atoms with Crippen molar-refractivity contribution in [1.82, 2.24) is 5.32 Å². The fourth-order valence-corrected chi connectivity index (χ4v) is 4.37. The zero-order valence-electron chi connectivity index (χ0n) is 19.9. The normalized spacial score (nSPS) is 14.9. The second kappa shape index (κ2) is 11.6. The van der Waals surface area contributed by atoms with Crippen LogP contribution in [0.4, 0.5) is 8.78 Å². The third-order valence-electron chi connectivity index (χ3n) is 5.90. The van der Waals surface area contributed by atoms with Crippen LogP contribution < -0.4 is 10.1 Å². The van der Waals surface area contributed by atoms with Gasteiger partial charge in [-0.15, -0.1) is 0 Å². The summed E-state index contributed by atoms with van der Waals surface area (Å²) >= 11 is 0. The van der Waals surface area contributed by atoms with Gasteiger partial charge in [0.1, 0.15) is 12.7 Å². The Kier molecular flexibility index (Phi) is 8.80. The van der Waals surface area contributed by atoms with Crippen molar-refractivity contribution < 1.29 is 28.2 Å². The number of esters is 1. The van der Waals surface area contributed by atoms with E-state index in [4.69, 9.17) is 9.47 Å². The molecule has 0 saturated heterocycles. The molecule has 2 N–H and O–H groups in total. The lowest BCUT2D eigenvalue weighted by Gasteiger charge is -2.30. The van der Waals surface area contributed by atoms with E-state index in [2.05, 4.69) is 43.4 Å². The summed E-state index contributed by atoms with van der Waals surface area (Å²) in [7, 11) is 0. The smallest absolute Gasteiger partial charge is 0.330 e. The lowest BCUT2D eigenvalue weighted by atomic mass is 9.88. The van der Waals surface area contributed by atoms with Gasteiger partial charge in [-0.05, 0) is 80.9 Å². The number of fused-ring (bicyclic) bond motifs is 1. The largest absolute Gasteiger partial charge is 0.488 e. The van der Waals surface area contributed by atoms with Crippen LogP contribution in [-0.4, -0.2) is 42.5 Å². The maximum Gasteiger partial charge on any atom is 0.330 e. The van der Waals surface area contributed by atoms with Crippen LogP contribution in [0.15, 0.2) is 42.5 Å². The maximum absolute atomic E-state index is 14.2. The molecule has 0 spiro atoms. The van der Waals surface area contributed by atoms with Gasteiger partial charge in [-0.25, -0.2) is 9.18 Å². The highest BCUT2D eigenvalue weighted by Gasteiger charge is 2.28. The fraction of sp³-hybridized carbons (Fsp3) is 0.444. The first-order valence-corrected chi connectivity index (χ1v) is 11.6. The second-order valence-electron chi connectivity index (χ2n) is 9.38. The van der Waals surface area contributed by atoms with Crippen molar-refractivity contribution in [2.75, 3.05) is 19.8 Å². The molecule has 3 rings (SSSR count). The minimum Gasteiger partial charge on any atom is -0.488 e. The van der Waals surface area contributed by atoms with Gasteiger partial charge in [-0.2, -0.15) is 4.39 Å². The molecule has 184 valence electrons. The first kappa shape index (κ1) is 25.8. The molecule has 2 aromatic carbocycles. The molecule has 7 heteroatoms. The average Bonchev–Trinajstić information content (AvgIpc) is 3.19. The Labute approximate surface area is 199 Å². The van der Waals surface area contributed by atoms with E-state index < -0.39 is 23.7 Å². The van der Waals surface area contributed by atoms with E-state index in [9.17, 15) is 18.7 Å². The molecule has 0 unspecified atom stereocenters. The summed E-state index contributed by atoms with van der Waals surface area (Å²) in [6.45, 7) is 6.12. The molecular weight excluding hydrogens is 440 g/mol. The minimum absolute atomic E-state index is 0.205. The van der Waals surface area contributed by atoms with Crippen LogP contribution >= 0.6 is 0 Å². The lowest BCUT2D eigenvalue weighted by molar-refractivity contribution is -0.137. The zero-order valence-corrected chi connectivity index (χ0v) is 19.9. The number of benzene rings is 2. The predicted octanol–water partition coefficient (Wildman–Crippen LogP) is 4.45. The fourth-order valence-electron chi connectivity index (χ4n) is 4.37. The van der Waals surface area contributed by atoms with Gasteiger partial charge in [-0.1, -0.05) is 24.3 Å². The molecule has 0 heterocycles. The maximum atomic E-state index is 14.2. The van der Waals surface area contributed by atoms with Crippen molar-refractivity contribution in [3.8, 4) is 5.75 Å². The Hall–Kier alpha value is -2.77. The molecular formula is C27H33F2NO4. The molecule has 0 bridgehead atoms. The van der Waals surface area contributed by atoms with Crippen molar-refractivity contribution in [2.24, 2.45) is 5.92 Å². The van der Waals surface area contributed by atoms with Crippen LogP contribution in [0.1, 0.15) is 43.9 Å². The van der Waals surface area contributed by atoms with Crippen LogP contribution in [0.25, 0.3) is 6.08 Å². The standard InChI is InChI=1S/C27H33F2NO4/c1-4-33-25(32)10-9-18-13-23(28)26(29)24(14-18)34-17-22(31)16-30-27(2,3)15-19-11-20-7-5-6-8-21(20)12-19/h5-10,13-14,19,22,30-31H,4,11-12,15-17H2,1-3H3/b10-9+/t22-/m1/s1. The van der Waals surface area contributed by atoms with Crippen LogP contribution in [0.2, 0.25) is 0 Å². The molecule has 34 heavy (non-hydrogen) atoms. The van der Waals surface area contributed by atoms with Gasteiger partial charge in [0, 0.05) is 18.2 Å². The monoisotopic (exact) mass is 473 g/mol. The Balaban J connectivity index is 1.49. The van der Waals surface area contributed by atoms with Gasteiger partial charge in [0.15, 0.2) is 11.6 Å². The summed E-state index contributed by atoms with van der Waals surface area (Å²) in [5.41, 5.74) is 2.85. The number of nitrogens with one attached hydrogen (secondary N) is 1. The summed E-state index contributed by atoms with van der Waals surface area (Å²) in [4.78, 5) is 11.4. The van der Waals surface area contributed by atoms with E-state index in [1.165, 1.54) is 23.3 Å². The van der Waals surface area contributed by atoms with Crippen molar-refractivity contribution >= 4 is 12.0 Å². The van der Waals surface area contributed by atoms with Crippen molar-refractivity contribution in [1.29, 1.82) is 0 Å². The third kappa shape index (κ3) is 7.37. The topological polar surface area (TPSA) is 67.8 Å². The first-order chi connectivity index (χ1) is 16.2. The molecule has 2 aromatic rings. The molecule has 0 aromatic heterocycles. The van der Waals surface area contributed by atoms with Gasteiger partial charge >= 0.3 is 5.97 Å². The SMILES string of the molecule is CCOC(=O)/C=C/c1cc(F)c(F)c(OC[C@H](O)CNC(C)(C)CC2Cc3ccccc3C2)c1. The number of hydrogen-bond acceptors (Lipinski definition) is 5. The number of halogens is 2. The van der Waals surface area contributed by atoms with Crippen LogP contribution in [0.5, 0.6) is 5.75 Å². The van der Waals surface area contributed by atoms with Gasteiger partial charge in [0.05, 0.1) is 6.61 Å². The van der Waals surface area contributed by atoms with E-state index in [1.807, 2.05) is 0 Å². The molecule has 1 aliphatic rings. The predicted molar refractivity (Wildman–Crippen MR) is 128 cm³/mol. The highest BCUT2D eigenvalue weighted by molar-refractivity contribution is 5.87. The van der Waals surface area contributed by atoms with Crippen LogP contribution in [-0.2, 0) is 22.4 Å². The van der Waals surface area contributed by atoms with E-state index in [0.29, 0.717) is 5.92 Å². The van der Waals surface area contributed by atoms with Gasteiger partial charge in [-0.3, -0.25) is 0 Å². The van der Waals surface area contributed by atoms with Crippen molar-refractivity contribution in [3.63, 3.8) is 0 Å². The average molecular weight is 474 g/mol. The van der Waals surface area contributed by atoms with Crippen LogP contribution in [0.3, 0.4) is 0 Å².